The molecule has 3 rings (SSSR count). The molecular formula is C18H28N2O. The first-order valence-corrected chi connectivity index (χ1v) is 8.44. The summed E-state index contributed by atoms with van der Waals surface area (Å²) >= 11 is 0. The highest BCUT2D eigenvalue weighted by Gasteiger charge is 2.35. The molecule has 21 heavy (non-hydrogen) atoms. The van der Waals surface area contributed by atoms with Crippen molar-refractivity contribution < 1.29 is 4.74 Å². The maximum Gasteiger partial charge on any atom is 0.119 e. The molecule has 0 saturated carbocycles. The lowest BCUT2D eigenvalue weighted by Crippen LogP contribution is -2.49. The van der Waals surface area contributed by atoms with Gasteiger partial charge in [0.15, 0.2) is 0 Å². The smallest absolute Gasteiger partial charge is 0.119 e. The van der Waals surface area contributed by atoms with Crippen molar-refractivity contribution in [3.63, 3.8) is 0 Å². The fourth-order valence-corrected chi connectivity index (χ4v) is 3.84. The van der Waals surface area contributed by atoms with E-state index in [4.69, 9.17) is 4.74 Å². The number of aryl methyl sites for hydroxylation is 1. The molecule has 2 aliphatic heterocycles. The average Bonchev–Trinajstić information content (AvgIpc) is 2.84. The standard InChI is InChI=1S/C18H28N2O/c1-3-20(17-12-15-6-7-16(13-17)19-15)10-11-21-18-8-4-14(2)5-9-18/h4-5,8-9,15-17,19H,3,6-7,10-13H2,1-2H3. The monoisotopic (exact) mass is 288 g/mol. The third-order valence-corrected chi connectivity index (χ3v) is 5.04. The molecular weight excluding hydrogens is 260 g/mol. The van der Waals surface area contributed by atoms with E-state index in [0.717, 1.165) is 43.6 Å². The van der Waals surface area contributed by atoms with Gasteiger partial charge < -0.3 is 10.1 Å². The quantitative estimate of drug-likeness (QED) is 0.871. The molecule has 116 valence electrons. The highest BCUT2D eigenvalue weighted by molar-refractivity contribution is 5.26. The number of fused-ring (bicyclic) bond motifs is 2. The summed E-state index contributed by atoms with van der Waals surface area (Å²) in [4.78, 5) is 2.61. The normalized spacial score (nSPS) is 28.0. The summed E-state index contributed by atoms with van der Waals surface area (Å²) in [5, 5.41) is 3.73. The molecule has 2 fully saturated rings. The molecule has 0 aliphatic carbocycles. The largest absolute Gasteiger partial charge is 0.492 e. The molecule has 2 heterocycles. The van der Waals surface area contributed by atoms with Crippen molar-refractivity contribution in [3.05, 3.63) is 29.8 Å². The van der Waals surface area contributed by atoms with Crippen molar-refractivity contribution >= 4 is 0 Å². The minimum absolute atomic E-state index is 0.746. The van der Waals surface area contributed by atoms with E-state index >= 15 is 0 Å². The Kier molecular flexibility index (Phi) is 4.81. The van der Waals surface area contributed by atoms with Gasteiger partial charge >= 0.3 is 0 Å². The molecule has 1 aromatic rings. The number of ether oxygens (including phenoxy) is 1. The van der Waals surface area contributed by atoms with Gasteiger partial charge in [-0.2, -0.15) is 0 Å². The summed E-state index contributed by atoms with van der Waals surface area (Å²) in [5.41, 5.74) is 1.28. The molecule has 2 bridgehead atoms. The van der Waals surface area contributed by atoms with E-state index < -0.39 is 0 Å². The van der Waals surface area contributed by atoms with E-state index in [0.29, 0.717) is 0 Å². The summed E-state index contributed by atoms with van der Waals surface area (Å²) in [7, 11) is 0. The van der Waals surface area contributed by atoms with Gasteiger partial charge in [-0.05, 0) is 51.3 Å². The van der Waals surface area contributed by atoms with Gasteiger partial charge in [-0.15, -0.1) is 0 Å². The SMILES string of the molecule is CCN(CCOc1ccc(C)cc1)C1CC2CCC(C1)N2. The van der Waals surface area contributed by atoms with Crippen LogP contribution in [0.25, 0.3) is 0 Å². The van der Waals surface area contributed by atoms with Gasteiger partial charge in [0.1, 0.15) is 12.4 Å². The van der Waals surface area contributed by atoms with Gasteiger partial charge in [-0.25, -0.2) is 0 Å². The third-order valence-electron chi connectivity index (χ3n) is 5.04. The number of nitrogens with zero attached hydrogens (tertiary/aromatic N) is 1. The van der Waals surface area contributed by atoms with Crippen LogP contribution in [0.5, 0.6) is 5.75 Å². The molecule has 2 aliphatic rings. The molecule has 2 saturated heterocycles. The van der Waals surface area contributed by atoms with Crippen LogP contribution in [0, 0.1) is 6.92 Å². The Balaban J connectivity index is 1.47. The first-order chi connectivity index (χ1) is 10.2. The maximum absolute atomic E-state index is 5.90. The first-order valence-electron chi connectivity index (χ1n) is 8.44. The van der Waals surface area contributed by atoms with Crippen molar-refractivity contribution in [3.8, 4) is 5.75 Å². The first kappa shape index (κ1) is 14.9. The summed E-state index contributed by atoms with van der Waals surface area (Å²) in [6.07, 6.45) is 5.38. The van der Waals surface area contributed by atoms with Crippen LogP contribution >= 0.6 is 0 Å². The Labute approximate surface area is 128 Å². The second-order valence-electron chi connectivity index (χ2n) is 6.55. The van der Waals surface area contributed by atoms with Crippen LogP contribution < -0.4 is 10.1 Å². The van der Waals surface area contributed by atoms with E-state index in [1.807, 2.05) is 0 Å². The Morgan fingerprint density at radius 3 is 2.43 bits per heavy atom. The van der Waals surface area contributed by atoms with Gasteiger partial charge in [0.2, 0.25) is 0 Å². The van der Waals surface area contributed by atoms with Crippen molar-refractivity contribution in [2.45, 2.75) is 57.7 Å². The Hall–Kier alpha value is -1.06. The molecule has 0 aromatic heterocycles. The summed E-state index contributed by atoms with van der Waals surface area (Å²) in [5.74, 6) is 0.988. The Morgan fingerprint density at radius 1 is 1.14 bits per heavy atom. The highest BCUT2D eigenvalue weighted by atomic mass is 16.5. The van der Waals surface area contributed by atoms with Gasteiger partial charge in [-0.3, -0.25) is 4.90 Å². The zero-order chi connectivity index (χ0) is 14.7. The molecule has 2 atom stereocenters. The second-order valence-corrected chi connectivity index (χ2v) is 6.55. The fourth-order valence-electron chi connectivity index (χ4n) is 3.84. The van der Waals surface area contributed by atoms with E-state index in [9.17, 15) is 0 Å². The van der Waals surface area contributed by atoms with Crippen LogP contribution in [0.3, 0.4) is 0 Å². The molecule has 0 amide bonds. The van der Waals surface area contributed by atoms with Crippen LogP contribution in [-0.4, -0.2) is 42.7 Å². The van der Waals surface area contributed by atoms with E-state index in [-0.39, 0.29) is 0 Å². The van der Waals surface area contributed by atoms with E-state index in [2.05, 4.69) is 48.3 Å². The lowest BCUT2D eigenvalue weighted by Gasteiger charge is -2.37. The Morgan fingerprint density at radius 2 is 1.81 bits per heavy atom. The van der Waals surface area contributed by atoms with Gasteiger partial charge in [0, 0.05) is 24.7 Å². The summed E-state index contributed by atoms with van der Waals surface area (Å²) in [6, 6.07) is 10.6. The van der Waals surface area contributed by atoms with Gasteiger partial charge in [0.25, 0.3) is 0 Å². The number of benzene rings is 1. The third kappa shape index (κ3) is 3.78. The van der Waals surface area contributed by atoms with Crippen LogP contribution in [0.1, 0.15) is 38.2 Å². The number of piperidine rings is 1. The zero-order valence-electron chi connectivity index (χ0n) is 13.3. The molecule has 0 radical (unpaired) electrons. The van der Waals surface area contributed by atoms with E-state index in [1.165, 1.54) is 31.2 Å². The number of hydrogen-bond acceptors (Lipinski definition) is 3. The number of hydrogen-bond donors (Lipinski definition) is 1. The average molecular weight is 288 g/mol. The second kappa shape index (κ2) is 6.80. The van der Waals surface area contributed by atoms with Crippen molar-refractivity contribution in [2.75, 3.05) is 19.7 Å². The number of rotatable bonds is 6. The molecule has 3 nitrogen and oxygen atoms in total. The van der Waals surface area contributed by atoms with Gasteiger partial charge in [-0.1, -0.05) is 24.6 Å². The van der Waals surface area contributed by atoms with Crippen molar-refractivity contribution in [1.82, 2.24) is 10.2 Å². The minimum Gasteiger partial charge on any atom is -0.492 e. The summed E-state index contributed by atoms with van der Waals surface area (Å²) < 4.78 is 5.90. The lowest BCUT2D eigenvalue weighted by molar-refractivity contribution is 0.125. The molecule has 1 aromatic carbocycles. The van der Waals surface area contributed by atoms with Crippen LogP contribution in [-0.2, 0) is 0 Å². The lowest BCUT2D eigenvalue weighted by atomic mass is 9.98. The zero-order valence-corrected chi connectivity index (χ0v) is 13.3. The predicted molar refractivity (Wildman–Crippen MR) is 86.9 cm³/mol. The number of nitrogens with one attached hydrogen (secondary N) is 1. The maximum atomic E-state index is 5.90. The van der Waals surface area contributed by atoms with Crippen LogP contribution in [0.4, 0.5) is 0 Å². The Bertz CT molecular complexity index is 433. The molecule has 3 heteroatoms. The summed E-state index contributed by atoms with van der Waals surface area (Å²) in [6.45, 7) is 7.33. The van der Waals surface area contributed by atoms with Gasteiger partial charge in [0.05, 0.1) is 0 Å². The molecule has 2 unspecified atom stereocenters. The predicted octanol–water partition coefficient (Wildman–Crippen LogP) is 2.98. The van der Waals surface area contributed by atoms with Crippen molar-refractivity contribution in [1.29, 1.82) is 0 Å². The fraction of sp³-hybridized carbons (Fsp3) is 0.667. The highest BCUT2D eigenvalue weighted by Crippen LogP contribution is 2.29. The van der Waals surface area contributed by atoms with Crippen LogP contribution in [0.2, 0.25) is 0 Å². The number of likely N-dealkylation sites (N-methyl/N-ethyl adjacent to an activating group) is 1. The van der Waals surface area contributed by atoms with Crippen molar-refractivity contribution in [2.24, 2.45) is 0 Å². The minimum atomic E-state index is 0.746. The molecule has 1 N–H and O–H groups in total. The molecule has 0 spiro atoms. The van der Waals surface area contributed by atoms with E-state index in [1.54, 1.807) is 0 Å². The van der Waals surface area contributed by atoms with Crippen LogP contribution in [0.15, 0.2) is 24.3 Å². The topological polar surface area (TPSA) is 24.5 Å².